The number of nitroso groups, excluding NO2 is 1. The van der Waals surface area contributed by atoms with Crippen LogP contribution in [0.4, 0.5) is 0 Å². The largest absolute Gasteiger partial charge is 0.517 e. The van der Waals surface area contributed by atoms with Gasteiger partial charge in [-0.15, -0.1) is 0 Å². The van der Waals surface area contributed by atoms with Gasteiger partial charge < -0.3 is 14.8 Å². The zero-order valence-electron chi connectivity index (χ0n) is 15.9. The summed E-state index contributed by atoms with van der Waals surface area (Å²) in [5.74, 6) is -1.43. The molecule has 0 aliphatic carbocycles. The molecule has 1 N–H and O–H groups in total. The highest BCUT2D eigenvalue weighted by Gasteiger charge is 2.33. The molecule has 1 atom stereocenters. The minimum atomic E-state index is -1.51. The van der Waals surface area contributed by atoms with Gasteiger partial charge >= 0.3 is 7.05 Å². The summed E-state index contributed by atoms with van der Waals surface area (Å²) in [6.45, 7) is 2.73. The van der Waals surface area contributed by atoms with Gasteiger partial charge in [-0.25, -0.2) is 0 Å². The van der Waals surface area contributed by atoms with Crippen molar-refractivity contribution < 1.29 is 19.4 Å². The minimum Gasteiger partial charge on any atom is -0.425 e. The molecule has 8 nitrogen and oxygen atoms in total. The quantitative estimate of drug-likeness (QED) is 0.348. The van der Waals surface area contributed by atoms with Gasteiger partial charge in [0, 0.05) is 36.8 Å². The fraction of sp³-hybridized carbons (Fsp3) is 0.250. The number of rotatable bonds is 5. The zero-order chi connectivity index (χ0) is 21.0. The van der Waals surface area contributed by atoms with Crippen molar-refractivity contribution in [2.24, 2.45) is 5.09 Å². The molecule has 148 valence electrons. The van der Waals surface area contributed by atoms with E-state index in [2.05, 4.69) is 5.09 Å². The maximum absolute atomic E-state index is 12.7. The highest BCUT2D eigenvalue weighted by atomic mass is 16.3. The summed E-state index contributed by atoms with van der Waals surface area (Å²) in [6.07, 6.45) is 0. The summed E-state index contributed by atoms with van der Waals surface area (Å²) < 4.78 is 0. The molecule has 3 rings (SSSR count). The van der Waals surface area contributed by atoms with Gasteiger partial charge in [-0.1, -0.05) is 47.6 Å². The van der Waals surface area contributed by atoms with Gasteiger partial charge in [0.2, 0.25) is 5.78 Å². The first-order valence-corrected chi connectivity index (χ1v) is 9.22. The number of hydrogen-bond acceptors (Lipinski definition) is 6. The number of benzene rings is 2. The highest BCUT2D eigenvalue weighted by molar-refractivity contribution is 6.64. The summed E-state index contributed by atoms with van der Waals surface area (Å²) in [6, 6.07) is 14.1. The van der Waals surface area contributed by atoms with E-state index >= 15 is 0 Å². The number of piperazine rings is 1. The Labute approximate surface area is 168 Å². The van der Waals surface area contributed by atoms with E-state index in [1.807, 2.05) is 6.07 Å². The molecule has 0 bridgehead atoms. The fourth-order valence-electron chi connectivity index (χ4n) is 3.33. The van der Waals surface area contributed by atoms with Gasteiger partial charge in [-0.3, -0.25) is 14.4 Å². The van der Waals surface area contributed by atoms with Gasteiger partial charge in [0.1, 0.15) is 0 Å². The molecule has 29 heavy (non-hydrogen) atoms. The molecule has 0 spiro atoms. The second kappa shape index (κ2) is 8.79. The van der Waals surface area contributed by atoms with Crippen molar-refractivity contribution >= 4 is 30.1 Å². The molecule has 2 amide bonds. The van der Waals surface area contributed by atoms with Crippen LogP contribution >= 0.6 is 0 Å². The number of nitrogens with zero attached hydrogens (tertiary/aromatic N) is 3. The second-order valence-electron chi connectivity index (χ2n) is 6.89. The Hall–Kier alpha value is -3.33. The van der Waals surface area contributed by atoms with Crippen molar-refractivity contribution in [2.75, 3.05) is 19.6 Å². The van der Waals surface area contributed by atoms with Crippen molar-refractivity contribution in [3.63, 3.8) is 0 Å². The highest BCUT2D eigenvalue weighted by Crippen LogP contribution is 2.15. The van der Waals surface area contributed by atoms with Crippen LogP contribution in [0.3, 0.4) is 0 Å². The van der Waals surface area contributed by atoms with Crippen molar-refractivity contribution in [1.29, 1.82) is 0 Å². The maximum atomic E-state index is 12.7. The third kappa shape index (κ3) is 4.40. The molecule has 0 saturated carbocycles. The van der Waals surface area contributed by atoms with Gasteiger partial charge in [0.15, 0.2) is 0 Å². The van der Waals surface area contributed by atoms with E-state index in [1.54, 1.807) is 36.1 Å². The molecule has 2 aromatic carbocycles. The summed E-state index contributed by atoms with van der Waals surface area (Å²) in [4.78, 5) is 51.4. The first-order valence-electron chi connectivity index (χ1n) is 9.22. The summed E-state index contributed by atoms with van der Waals surface area (Å²) in [7, 11) is -1.51. The van der Waals surface area contributed by atoms with Crippen molar-refractivity contribution in [2.45, 2.75) is 13.0 Å². The molecule has 1 unspecified atom stereocenters. The molecule has 2 aromatic rings. The van der Waals surface area contributed by atoms with Crippen LogP contribution in [0, 0.1) is 4.91 Å². The average Bonchev–Trinajstić information content (AvgIpc) is 2.77. The van der Waals surface area contributed by atoms with E-state index in [1.165, 1.54) is 29.2 Å². The van der Waals surface area contributed by atoms with Crippen molar-refractivity contribution in [3.8, 4) is 0 Å². The van der Waals surface area contributed by atoms with E-state index < -0.39 is 18.7 Å². The molecule has 0 aromatic heterocycles. The minimum absolute atomic E-state index is 0.103. The third-order valence-corrected chi connectivity index (χ3v) is 4.96. The first-order chi connectivity index (χ1) is 13.9. The Balaban J connectivity index is 1.65. The smallest absolute Gasteiger partial charge is 0.425 e. The lowest BCUT2D eigenvalue weighted by Gasteiger charge is -2.39. The van der Waals surface area contributed by atoms with Crippen LogP contribution in [0.2, 0.25) is 0 Å². The van der Waals surface area contributed by atoms with E-state index in [4.69, 9.17) is 0 Å². The number of ketones is 1. The molecule has 1 saturated heterocycles. The Morgan fingerprint density at radius 1 is 1.00 bits per heavy atom. The molecule has 1 aliphatic rings. The van der Waals surface area contributed by atoms with E-state index in [-0.39, 0.29) is 29.5 Å². The lowest BCUT2D eigenvalue weighted by Crippen LogP contribution is -2.56. The molecular formula is C20H20BN3O5. The van der Waals surface area contributed by atoms with Crippen LogP contribution in [0.5, 0.6) is 0 Å². The Bertz CT molecular complexity index is 919. The predicted octanol–water partition coefficient (Wildman–Crippen LogP) is 0.696. The summed E-state index contributed by atoms with van der Waals surface area (Å²) in [5, 5.41) is 11.9. The number of carbonyl (C=O) groups is 3. The van der Waals surface area contributed by atoms with Crippen LogP contribution in [-0.4, -0.2) is 65.1 Å². The Morgan fingerprint density at radius 2 is 1.66 bits per heavy atom. The number of hydrogen-bond donors (Lipinski definition) is 1. The standard InChI is InChI=1S/C20H20BN3O5/c1-14-13-23(19(26)16-5-3-2-4-6-16)11-12-24(14)20(27)18(25)15-7-9-17(10-8-15)21(28)22-29/h2-10,14,28H,11-13H2,1H3. The normalized spacial score (nSPS) is 16.3. The maximum Gasteiger partial charge on any atom is 0.517 e. The van der Waals surface area contributed by atoms with Gasteiger partial charge in [-0.05, 0) is 24.5 Å². The molecule has 9 heteroatoms. The van der Waals surface area contributed by atoms with Crippen molar-refractivity contribution in [1.82, 2.24) is 9.80 Å². The average molecular weight is 393 g/mol. The van der Waals surface area contributed by atoms with E-state index in [0.29, 0.717) is 18.7 Å². The SMILES string of the molecule is CC1CN(C(=O)c2ccccc2)CCN1C(=O)C(=O)c1ccc(B(O)N=O)cc1. The van der Waals surface area contributed by atoms with Crippen LogP contribution in [0.15, 0.2) is 59.7 Å². The number of amides is 2. The molecule has 1 fully saturated rings. The molecule has 0 radical (unpaired) electrons. The van der Waals surface area contributed by atoms with Crippen LogP contribution in [0.25, 0.3) is 0 Å². The van der Waals surface area contributed by atoms with Crippen LogP contribution < -0.4 is 5.46 Å². The zero-order valence-corrected chi connectivity index (χ0v) is 15.9. The van der Waals surface area contributed by atoms with Crippen molar-refractivity contribution in [3.05, 3.63) is 70.6 Å². The summed E-state index contributed by atoms with van der Waals surface area (Å²) >= 11 is 0. The van der Waals surface area contributed by atoms with Crippen LogP contribution in [0.1, 0.15) is 27.6 Å². The molecule has 1 aliphatic heterocycles. The van der Waals surface area contributed by atoms with Gasteiger partial charge in [-0.2, -0.15) is 4.91 Å². The fourth-order valence-corrected chi connectivity index (χ4v) is 3.33. The predicted molar refractivity (Wildman–Crippen MR) is 108 cm³/mol. The third-order valence-electron chi connectivity index (χ3n) is 4.96. The monoisotopic (exact) mass is 393 g/mol. The second-order valence-corrected chi connectivity index (χ2v) is 6.89. The Kier molecular flexibility index (Phi) is 6.18. The topological polar surface area (TPSA) is 107 Å². The number of carbonyl (C=O) groups excluding carboxylic acids is 3. The molecule has 1 heterocycles. The lowest BCUT2D eigenvalue weighted by atomic mass is 9.75. The lowest BCUT2D eigenvalue weighted by molar-refractivity contribution is -0.130. The first kappa shape index (κ1) is 20.4. The molecular weight excluding hydrogens is 373 g/mol. The van der Waals surface area contributed by atoms with Crippen LogP contribution in [-0.2, 0) is 4.79 Å². The van der Waals surface area contributed by atoms with E-state index in [0.717, 1.165) is 0 Å². The van der Waals surface area contributed by atoms with Gasteiger partial charge in [0.25, 0.3) is 11.8 Å². The van der Waals surface area contributed by atoms with E-state index in [9.17, 15) is 24.3 Å². The summed E-state index contributed by atoms with van der Waals surface area (Å²) in [5.41, 5.74) is 0.986. The van der Waals surface area contributed by atoms with Gasteiger partial charge in [0.05, 0.1) is 0 Å². The number of Topliss-reactive ketones (excluding diaryl/α,β-unsaturated/α-hetero) is 1. The Morgan fingerprint density at radius 3 is 2.24 bits per heavy atom.